The highest BCUT2D eigenvalue weighted by molar-refractivity contribution is 5.98. The number of carbonyl (C=O) groups is 2. The van der Waals surface area contributed by atoms with Gasteiger partial charge in [0.15, 0.2) is 6.04 Å². The molecule has 2 N–H and O–H groups in total. The first kappa shape index (κ1) is 19.4. The van der Waals surface area contributed by atoms with Crippen molar-refractivity contribution in [2.24, 2.45) is 0 Å². The van der Waals surface area contributed by atoms with Crippen molar-refractivity contribution in [3.8, 4) is 5.75 Å². The molecule has 6 heteroatoms. The quantitative estimate of drug-likeness (QED) is 0.647. The third kappa shape index (κ3) is 3.93. The predicted octanol–water partition coefficient (Wildman–Crippen LogP) is 2.71. The molecule has 0 spiro atoms. The summed E-state index contributed by atoms with van der Waals surface area (Å²) in [5.74, 6) is 0.116. The van der Waals surface area contributed by atoms with Crippen LogP contribution >= 0.6 is 0 Å². The molecule has 1 fully saturated rings. The van der Waals surface area contributed by atoms with Crippen molar-refractivity contribution in [2.45, 2.75) is 12.1 Å². The lowest BCUT2D eigenvalue weighted by molar-refractivity contribution is -0.596. The van der Waals surface area contributed by atoms with Crippen LogP contribution in [-0.4, -0.2) is 35.9 Å². The van der Waals surface area contributed by atoms with Gasteiger partial charge in [0.25, 0.3) is 5.91 Å². The Hall–Kier alpha value is -3.93. The molecule has 0 aromatic heterocycles. The highest BCUT2D eigenvalue weighted by Crippen LogP contribution is 2.26. The number of carbonyl (C=O) groups excluding carboxylic acids is 2. The molecule has 2 amide bonds. The van der Waals surface area contributed by atoms with Crippen molar-refractivity contribution in [3.05, 3.63) is 102 Å². The summed E-state index contributed by atoms with van der Waals surface area (Å²) in [5.41, 5.74) is 5.10. The molecule has 1 aliphatic rings. The van der Waals surface area contributed by atoms with Crippen molar-refractivity contribution in [1.29, 1.82) is 0 Å². The average molecular weight is 400 g/mol. The molecule has 0 saturated carbocycles. The van der Waals surface area contributed by atoms with Crippen LogP contribution in [0.1, 0.15) is 27.5 Å². The molecule has 6 nitrogen and oxygen atoms in total. The number of ether oxygens (including phenoxy) is 1. The molecule has 4 rings (SSSR count). The summed E-state index contributed by atoms with van der Waals surface area (Å²) in [7, 11) is 1.60. The normalized spacial score (nSPS) is 19.4. The Labute approximate surface area is 174 Å². The van der Waals surface area contributed by atoms with Gasteiger partial charge in [0.1, 0.15) is 5.75 Å². The third-order valence-electron chi connectivity index (χ3n) is 5.02. The molecule has 150 valence electrons. The zero-order chi connectivity index (χ0) is 20.9. The molecule has 2 atom stereocenters. The van der Waals surface area contributed by atoms with E-state index in [-0.39, 0.29) is 11.8 Å². The maximum atomic E-state index is 12.9. The van der Waals surface area contributed by atoms with E-state index in [1.54, 1.807) is 36.1 Å². The van der Waals surface area contributed by atoms with Gasteiger partial charge in [-0.1, -0.05) is 60.7 Å². The van der Waals surface area contributed by atoms with E-state index in [9.17, 15) is 9.59 Å². The van der Waals surface area contributed by atoms with Gasteiger partial charge in [-0.05, 0) is 24.3 Å². The summed E-state index contributed by atoms with van der Waals surface area (Å²) in [6.07, 6.45) is 1.82. The number of hydrazine groups is 1. The molecule has 3 aromatic rings. The predicted molar refractivity (Wildman–Crippen MR) is 113 cm³/mol. The van der Waals surface area contributed by atoms with E-state index < -0.39 is 12.1 Å². The number of nitrogens with zero attached hydrogens (tertiary/aromatic N) is 1. The monoisotopic (exact) mass is 400 g/mol. The second kappa shape index (κ2) is 8.61. The summed E-state index contributed by atoms with van der Waals surface area (Å²) >= 11 is 0. The first-order valence-corrected chi connectivity index (χ1v) is 9.65. The second-order valence-electron chi connectivity index (χ2n) is 6.93. The van der Waals surface area contributed by atoms with Gasteiger partial charge in [0.05, 0.1) is 12.7 Å². The van der Waals surface area contributed by atoms with Crippen molar-refractivity contribution in [2.75, 3.05) is 7.11 Å². The maximum Gasteiger partial charge on any atom is 0.304 e. The van der Waals surface area contributed by atoms with Gasteiger partial charge in [-0.2, -0.15) is 0 Å². The van der Waals surface area contributed by atoms with Crippen LogP contribution in [0.3, 0.4) is 0 Å². The fourth-order valence-electron chi connectivity index (χ4n) is 3.57. The van der Waals surface area contributed by atoms with E-state index in [1.165, 1.54) is 0 Å². The van der Waals surface area contributed by atoms with Crippen LogP contribution in [0.2, 0.25) is 0 Å². The van der Waals surface area contributed by atoms with E-state index in [0.717, 1.165) is 11.1 Å². The highest BCUT2D eigenvalue weighted by atomic mass is 16.5. The first-order valence-electron chi connectivity index (χ1n) is 9.65. The molecule has 0 unspecified atom stereocenters. The van der Waals surface area contributed by atoms with Gasteiger partial charge in [-0.3, -0.25) is 9.59 Å². The van der Waals surface area contributed by atoms with Crippen molar-refractivity contribution >= 4 is 18.0 Å². The average Bonchev–Trinajstić information content (AvgIpc) is 3.09. The molecular weight excluding hydrogens is 378 g/mol. The number of benzene rings is 3. The highest BCUT2D eigenvalue weighted by Gasteiger charge is 2.47. The van der Waals surface area contributed by atoms with Crippen LogP contribution < -0.4 is 15.5 Å². The summed E-state index contributed by atoms with van der Waals surface area (Å²) in [6, 6.07) is 24.9. The molecule has 1 heterocycles. The summed E-state index contributed by atoms with van der Waals surface area (Å²) in [5, 5.41) is 2.89. The Kier molecular flexibility index (Phi) is 5.57. The van der Waals surface area contributed by atoms with Gasteiger partial charge in [0.2, 0.25) is 12.3 Å². The molecule has 3 aromatic carbocycles. The van der Waals surface area contributed by atoms with Crippen LogP contribution in [-0.2, 0) is 4.79 Å². The minimum Gasteiger partial charge on any atom is -0.496 e. The summed E-state index contributed by atoms with van der Waals surface area (Å²) in [6.45, 7) is 0. The van der Waals surface area contributed by atoms with E-state index in [1.807, 2.05) is 66.9 Å². The standard InChI is InChI=1S/C24H21N3O3/c1-30-20-15-9-8-14-19(20)16-27-22(17-10-4-2-5-11-17)21(24(29)26-27)25-23(28)18-12-6-3-7-13-18/h2-16,21-22H,1H3,(H-,25,26,28,29)/p+1/b27-16-/t21-,22-/m1/s1. The number of amides is 2. The maximum absolute atomic E-state index is 12.9. The SMILES string of the molecule is COc1ccccc1/C=[N+]1\NC(=O)[C@H](NC(=O)c2ccccc2)[C@H]1c1ccccc1. The number of hydrazone groups is 1. The van der Waals surface area contributed by atoms with Gasteiger partial charge < -0.3 is 10.1 Å². The Morgan fingerprint density at radius 2 is 1.60 bits per heavy atom. The van der Waals surface area contributed by atoms with Crippen LogP contribution in [0.5, 0.6) is 5.75 Å². The first-order chi connectivity index (χ1) is 14.7. The zero-order valence-corrected chi connectivity index (χ0v) is 16.5. The number of hydrogen-bond donors (Lipinski definition) is 2. The van der Waals surface area contributed by atoms with Gasteiger partial charge >= 0.3 is 5.91 Å². The van der Waals surface area contributed by atoms with E-state index in [0.29, 0.717) is 11.3 Å². The Morgan fingerprint density at radius 3 is 2.30 bits per heavy atom. The number of rotatable bonds is 5. The Balaban J connectivity index is 1.72. The van der Waals surface area contributed by atoms with E-state index >= 15 is 0 Å². The minimum atomic E-state index is -0.758. The molecule has 0 radical (unpaired) electrons. The molecular formula is C24H22N3O3+. The smallest absolute Gasteiger partial charge is 0.304 e. The zero-order valence-electron chi connectivity index (χ0n) is 16.5. The van der Waals surface area contributed by atoms with Crippen LogP contribution in [0.4, 0.5) is 0 Å². The lowest BCUT2D eigenvalue weighted by Gasteiger charge is -2.14. The molecule has 0 bridgehead atoms. The molecule has 30 heavy (non-hydrogen) atoms. The van der Waals surface area contributed by atoms with Crippen LogP contribution in [0, 0.1) is 0 Å². The lowest BCUT2D eigenvalue weighted by atomic mass is 10.00. The Morgan fingerprint density at radius 1 is 0.967 bits per heavy atom. The Bertz CT molecular complexity index is 1080. The molecule has 1 saturated heterocycles. The van der Waals surface area contributed by atoms with Gasteiger partial charge in [-0.25, -0.2) is 0 Å². The second-order valence-corrected chi connectivity index (χ2v) is 6.93. The van der Waals surface area contributed by atoms with E-state index in [4.69, 9.17) is 4.74 Å². The third-order valence-corrected chi connectivity index (χ3v) is 5.02. The van der Waals surface area contributed by atoms with Gasteiger partial charge in [0, 0.05) is 11.1 Å². The fraction of sp³-hybridized carbons (Fsp3) is 0.125. The van der Waals surface area contributed by atoms with Gasteiger partial charge in [-0.15, -0.1) is 10.1 Å². The van der Waals surface area contributed by atoms with Crippen molar-refractivity contribution in [1.82, 2.24) is 10.7 Å². The number of methoxy groups -OCH3 is 1. The fourth-order valence-corrected chi connectivity index (χ4v) is 3.57. The minimum absolute atomic E-state index is 0.278. The number of para-hydroxylation sites is 1. The number of nitrogens with one attached hydrogen (secondary N) is 2. The largest absolute Gasteiger partial charge is 0.496 e. The summed E-state index contributed by atoms with van der Waals surface area (Å²) in [4.78, 5) is 25.6. The van der Waals surface area contributed by atoms with Crippen LogP contribution in [0.15, 0.2) is 84.9 Å². The van der Waals surface area contributed by atoms with Crippen molar-refractivity contribution < 1.29 is 19.0 Å². The molecule has 0 aliphatic carbocycles. The van der Waals surface area contributed by atoms with Crippen molar-refractivity contribution in [3.63, 3.8) is 0 Å². The lowest BCUT2D eigenvalue weighted by Crippen LogP contribution is -2.42. The van der Waals surface area contributed by atoms with Crippen LogP contribution in [0.25, 0.3) is 0 Å². The number of hydrogen-bond acceptors (Lipinski definition) is 3. The topological polar surface area (TPSA) is 70.4 Å². The molecule has 1 aliphatic heterocycles. The van der Waals surface area contributed by atoms with E-state index in [2.05, 4.69) is 10.7 Å². The summed E-state index contributed by atoms with van der Waals surface area (Å²) < 4.78 is 7.16.